The summed E-state index contributed by atoms with van der Waals surface area (Å²) >= 11 is 0. The number of anilines is 1. The molecule has 1 atom stereocenters. The first kappa shape index (κ1) is 14.2. The molecule has 1 saturated carbocycles. The summed E-state index contributed by atoms with van der Waals surface area (Å²) in [6, 6.07) is 4.72. The topological polar surface area (TPSA) is 67.3 Å². The van der Waals surface area contributed by atoms with Crippen LogP contribution in [-0.4, -0.2) is 40.9 Å². The van der Waals surface area contributed by atoms with E-state index in [0.29, 0.717) is 30.3 Å². The molecule has 1 heterocycles. The smallest absolute Gasteiger partial charge is 0.149 e. The van der Waals surface area contributed by atoms with Gasteiger partial charge in [0.25, 0.3) is 0 Å². The van der Waals surface area contributed by atoms with Crippen molar-refractivity contribution >= 4 is 16.7 Å². The van der Waals surface area contributed by atoms with E-state index in [4.69, 9.17) is 4.74 Å². The lowest BCUT2D eigenvalue weighted by Gasteiger charge is -2.13. The molecule has 21 heavy (non-hydrogen) atoms. The third-order valence-corrected chi connectivity index (χ3v) is 3.48. The SMILES string of the molecule is OC(CNc1ncnc2c(F)cccc12)COCC1CC1. The number of hydrogen-bond donors (Lipinski definition) is 2. The summed E-state index contributed by atoms with van der Waals surface area (Å²) in [4.78, 5) is 8.03. The highest BCUT2D eigenvalue weighted by molar-refractivity contribution is 5.89. The van der Waals surface area contributed by atoms with Crippen molar-refractivity contribution in [3.63, 3.8) is 0 Å². The van der Waals surface area contributed by atoms with E-state index in [-0.39, 0.29) is 11.3 Å². The van der Waals surface area contributed by atoms with Crippen LogP contribution in [0.5, 0.6) is 0 Å². The maximum absolute atomic E-state index is 13.6. The number of rotatable bonds is 7. The number of aromatic nitrogens is 2. The van der Waals surface area contributed by atoms with Crippen molar-refractivity contribution < 1.29 is 14.2 Å². The molecule has 5 nitrogen and oxygen atoms in total. The van der Waals surface area contributed by atoms with Crippen molar-refractivity contribution in [2.45, 2.75) is 18.9 Å². The summed E-state index contributed by atoms with van der Waals surface area (Å²) in [5, 5.41) is 13.5. The number of nitrogens with one attached hydrogen (secondary N) is 1. The number of benzene rings is 1. The van der Waals surface area contributed by atoms with Gasteiger partial charge in [0.2, 0.25) is 0 Å². The quantitative estimate of drug-likeness (QED) is 0.816. The molecule has 112 valence electrons. The van der Waals surface area contributed by atoms with Crippen molar-refractivity contribution in [3.05, 3.63) is 30.3 Å². The van der Waals surface area contributed by atoms with Crippen LogP contribution in [0.15, 0.2) is 24.5 Å². The highest BCUT2D eigenvalue weighted by Crippen LogP contribution is 2.28. The fourth-order valence-corrected chi connectivity index (χ4v) is 2.12. The van der Waals surface area contributed by atoms with Crippen LogP contribution < -0.4 is 5.32 Å². The molecule has 0 amide bonds. The lowest BCUT2D eigenvalue weighted by atomic mass is 10.2. The minimum absolute atomic E-state index is 0.273. The predicted octanol–water partition coefficient (Wildman–Crippen LogP) is 1.97. The Balaban J connectivity index is 1.58. The molecule has 1 aromatic carbocycles. The standard InChI is InChI=1S/C15H18FN3O2/c16-13-3-1-2-12-14(13)18-9-19-15(12)17-6-11(20)8-21-7-10-4-5-10/h1-3,9-11,20H,4-8H2,(H,17,18,19). The van der Waals surface area contributed by atoms with E-state index in [2.05, 4.69) is 15.3 Å². The van der Waals surface area contributed by atoms with Gasteiger partial charge in [-0.05, 0) is 30.9 Å². The number of halogens is 1. The molecule has 2 N–H and O–H groups in total. The van der Waals surface area contributed by atoms with Crippen LogP contribution in [-0.2, 0) is 4.74 Å². The van der Waals surface area contributed by atoms with Crippen molar-refractivity contribution in [3.8, 4) is 0 Å². The van der Waals surface area contributed by atoms with Gasteiger partial charge in [-0.15, -0.1) is 0 Å². The van der Waals surface area contributed by atoms with Crippen molar-refractivity contribution in [2.75, 3.05) is 25.1 Å². The first-order valence-corrected chi connectivity index (χ1v) is 7.13. The second kappa shape index (κ2) is 6.32. The molecule has 0 aliphatic heterocycles. The van der Waals surface area contributed by atoms with Gasteiger partial charge >= 0.3 is 0 Å². The lowest BCUT2D eigenvalue weighted by Crippen LogP contribution is -2.25. The molecule has 1 fully saturated rings. The van der Waals surface area contributed by atoms with Gasteiger partial charge in [0.1, 0.15) is 23.5 Å². The van der Waals surface area contributed by atoms with Crippen LogP contribution in [0.1, 0.15) is 12.8 Å². The Hall–Kier alpha value is -1.79. The van der Waals surface area contributed by atoms with Gasteiger partial charge in [-0.25, -0.2) is 14.4 Å². The predicted molar refractivity (Wildman–Crippen MR) is 77.5 cm³/mol. The Morgan fingerprint density at radius 1 is 1.38 bits per heavy atom. The third kappa shape index (κ3) is 3.65. The zero-order chi connectivity index (χ0) is 14.7. The monoisotopic (exact) mass is 291 g/mol. The molecule has 3 rings (SSSR count). The summed E-state index contributed by atoms with van der Waals surface area (Å²) in [5.74, 6) is 0.811. The Bertz CT molecular complexity index is 619. The molecule has 0 spiro atoms. The van der Waals surface area contributed by atoms with Gasteiger partial charge in [-0.3, -0.25) is 0 Å². The Kier molecular flexibility index (Phi) is 4.26. The van der Waals surface area contributed by atoms with Gasteiger partial charge in [0.15, 0.2) is 0 Å². The van der Waals surface area contributed by atoms with Crippen LogP contribution in [0.25, 0.3) is 10.9 Å². The maximum atomic E-state index is 13.6. The number of fused-ring (bicyclic) bond motifs is 1. The van der Waals surface area contributed by atoms with E-state index in [1.807, 2.05) is 0 Å². The fourth-order valence-electron chi connectivity index (χ4n) is 2.12. The Labute approximate surface area is 122 Å². The van der Waals surface area contributed by atoms with E-state index in [0.717, 1.165) is 6.61 Å². The molecular weight excluding hydrogens is 273 g/mol. The number of para-hydroxylation sites is 1. The van der Waals surface area contributed by atoms with Gasteiger partial charge in [0, 0.05) is 18.5 Å². The average molecular weight is 291 g/mol. The molecular formula is C15H18FN3O2. The zero-order valence-electron chi connectivity index (χ0n) is 11.6. The number of nitrogens with zero attached hydrogens (tertiary/aromatic N) is 2. The fraction of sp³-hybridized carbons (Fsp3) is 0.467. The molecule has 1 aliphatic rings. The molecule has 1 aliphatic carbocycles. The molecule has 0 radical (unpaired) electrons. The molecule has 2 aromatic rings. The first-order chi connectivity index (χ1) is 10.2. The van der Waals surface area contributed by atoms with Crippen LogP contribution in [0.4, 0.5) is 10.2 Å². The largest absolute Gasteiger partial charge is 0.389 e. The maximum Gasteiger partial charge on any atom is 0.149 e. The second-order valence-corrected chi connectivity index (χ2v) is 5.37. The van der Waals surface area contributed by atoms with E-state index in [9.17, 15) is 9.50 Å². The minimum atomic E-state index is -0.623. The van der Waals surface area contributed by atoms with E-state index in [1.165, 1.54) is 25.2 Å². The number of hydrogen-bond acceptors (Lipinski definition) is 5. The summed E-state index contributed by atoms with van der Waals surface area (Å²) in [6.07, 6.45) is 3.14. The van der Waals surface area contributed by atoms with Crippen molar-refractivity contribution in [1.29, 1.82) is 0 Å². The average Bonchev–Trinajstić information content (AvgIpc) is 3.30. The summed E-state index contributed by atoms with van der Waals surface area (Å²) in [6.45, 7) is 1.31. The highest BCUT2D eigenvalue weighted by Gasteiger charge is 2.21. The minimum Gasteiger partial charge on any atom is -0.389 e. The van der Waals surface area contributed by atoms with Crippen LogP contribution >= 0.6 is 0 Å². The van der Waals surface area contributed by atoms with E-state index < -0.39 is 6.10 Å². The molecule has 1 aromatic heterocycles. The summed E-state index contributed by atoms with van der Waals surface area (Å²) in [7, 11) is 0. The summed E-state index contributed by atoms with van der Waals surface area (Å²) < 4.78 is 19.1. The van der Waals surface area contributed by atoms with Crippen LogP contribution in [0, 0.1) is 11.7 Å². The zero-order valence-corrected chi connectivity index (χ0v) is 11.6. The van der Waals surface area contributed by atoms with E-state index in [1.54, 1.807) is 12.1 Å². The second-order valence-electron chi connectivity index (χ2n) is 5.37. The van der Waals surface area contributed by atoms with Crippen LogP contribution in [0.3, 0.4) is 0 Å². The first-order valence-electron chi connectivity index (χ1n) is 7.13. The van der Waals surface area contributed by atoms with Crippen molar-refractivity contribution in [1.82, 2.24) is 9.97 Å². The highest BCUT2D eigenvalue weighted by atomic mass is 19.1. The molecule has 6 heteroatoms. The lowest BCUT2D eigenvalue weighted by molar-refractivity contribution is 0.0386. The number of aliphatic hydroxyl groups excluding tert-OH is 1. The van der Waals surface area contributed by atoms with Gasteiger partial charge in [-0.1, -0.05) is 6.07 Å². The van der Waals surface area contributed by atoms with Crippen LogP contribution in [0.2, 0.25) is 0 Å². The van der Waals surface area contributed by atoms with Gasteiger partial charge in [-0.2, -0.15) is 0 Å². The van der Waals surface area contributed by atoms with E-state index >= 15 is 0 Å². The Morgan fingerprint density at radius 2 is 2.24 bits per heavy atom. The summed E-state index contributed by atoms with van der Waals surface area (Å²) in [5.41, 5.74) is 0.273. The molecule has 1 unspecified atom stereocenters. The van der Waals surface area contributed by atoms with Gasteiger partial charge in [0.05, 0.1) is 12.7 Å². The third-order valence-electron chi connectivity index (χ3n) is 3.48. The molecule has 0 bridgehead atoms. The van der Waals surface area contributed by atoms with Gasteiger partial charge < -0.3 is 15.2 Å². The number of aliphatic hydroxyl groups is 1. The normalized spacial score (nSPS) is 16.1. The molecule has 0 saturated heterocycles. The van der Waals surface area contributed by atoms with Crippen molar-refractivity contribution in [2.24, 2.45) is 5.92 Å². The number of ether oxygens (including phenoxy) is 1. The Morgan fingerprint density at radius 3 is 3.05 bits per heavy atom.